The Bertz CT molecular complexity index is 977. The van der Waals surface area contributed by atoms with Gasteiger partial charge in [-0.2, -0.15) is 0 Å². The van der Waals surface area contributed by atoms with E-state index < -0.39 is 0 Å². The summed E-state index contributed by atoms with van der Waals surface area (Å²) in [5, 5.41) is 15.8. The molecule has 0 radical (unpaired) electrons. The lowest BCUT2D eigenvalue weighted by atomic mass is 10.1. The topological polar surface area (TPSA) is 91.4 Å². The normalized spacial score (nSPS) is 10.8. The first-order valence-electron chi connectivity index (χ1n) is 7.97. The van der Waals surface area contributed by atoms with Crippen molar-refractivity contribution in [2.75, 3.05) is 17.7 Å². The fourth-order valence-electron chi connectivity index (χ4n) is 2.63. The maximum Gasteiger partial charge on any atom is 0.148 e. The molecule has 0 aliphatic rings. The summed E-state index contributed by atoms with van der Waals surface area (Å²) in [6.07, 6.45) is 3.65. The van der Waals surface area contributed by atoms with Crippen LogP contribution in [0.4, 0.5) is 11.6 Å². The first-order chi connectivity index (χ1) is 12.3. The number of aromatic nitrogens is 5. The molecule has 4 heterocycles. The zero-order chi connectivity index (χ0) is 17.1. The minimum absolute atomic E-state index is 0.601. The Morgan fingerprint density at radius 1 is 1.04 bits per heavy atom. The van der Waals surface area contributed by atoms with E-state index in [0.29, 0.717) is 6.54 Å². The Morgan fingerprint density at radius 2 is 2.00 bits per heavy atom. The molecule has 0 aliphatic heterocycles. The third-order valence-corrected chi connectivity index (χ3v) is 3.90. The van der Waals surface area contributed by atoms with Crippen molar-refractivity contribution in [3.8, 4) is 11.3 Å². The number of H-pyrrole nitrogens is 1. The Labute approximate surface area is 144 Å². The van der Waals surface area contributed by atoms with E-state index in [4.69, 9.17) is 0 Å². The van der Waals surface area contributed by atoms with E-state index in [-0.39, 0.29) is 0 Å². The molecule has 0 saturated heterocycles. The van der Waals surface area contributed by atoms with Crippen molar-refractivity contribution in [2.24, 2.45) is 0 Å². The molecule has 4 aromatic rings. The number of fused-ring (bicyclic) bond motifs is 1. The van der Waals surface area contributed by atoms with E-state index in [0.717, 1.165) is 39.6 Å². The van der Waals surface area contributed by atoms with E-state index >= 15 is 0 Å². The van der Waals surface area contributed by atoms with Crippen molar-refractivity contribution in [3.63, 3.8) is 0 Å². The van der Waals surface area contributed by atoms with Gasteiger partial charge in [-0.3, -0.25) is 4.98 Å². The first kappa shape index (κ1) is 15.1. The number of rotatable bonds is 5. The fraction of sp³-hybridized carbons (Fsp3) is 0.111. The lowest BCUT2D eigenvalue weighted by molar-refractivity contribution is 1.03. The van der Waals surface area contributed by atoms with Crippen LogP contribution < -0.4 is 10.6 Å². The minimum atomic E-state index is 0.601. The lowest BCUT2D eigenvalue weighted by Crippen LogP contribution is -2.03. The number of hydrogen-bond acceptors (Lipinski definition) is 6. The van der Waals surface area contributed by atoms with Crippen LogP contribution in [0.1, 0.15) is 5.69 Å². The van der Waals surface area contributed by atoms with Gasteiger partial charge in [-0.05, 0) is 36.4 Å². The fourth-order valence-corrected chi connectivity index (χ4v) is 2.63. The summed E-state index contributed by atoms with van der Waals surface area (Å²) < 4.78 is 0. The summed E-state index contributed by atoms with van der Waals surface area (Å²) in [6.45, 7) is 0.601. The molecule has 7 heteroatoms. The van der Waals surface area contributed by atoms with E-state index in [1.165, 1.54) is 0 Å². The SMILES string of the molecule is CNc1ccc(-c2cc(NCc3ccccn3)nc3[nH]ccc23)nn1. The third kappa shape index (κ3) is 3.12. The van der Waals surface area contributed by atoms with Crippen molar-refractivity contribution >= 4 is 22.7 Å². The van der Waals surface area contributed by atoms with Gasteiger partial charge in [-0.15, -0.1) is 10.2 Å². The second kappa shape index (κ2) is 6.56. The van der Waals surface area contributed by atoms with E-state index in [1.54, 1.807) is 6.20 Å². The van der Waals surface area contributed by atoms with Gasteiger partial charge in [0.15, 0.2) is 0 Å². The molecule has 0 saturated carbocycles. The van der Waals surface area contributed by atoms with Gasteiger partial charge in [0.05, 0.1) is 17.9 Å². The zero-order valence-electron chi connectivity index (χ0n) is 13.7. The van der Waals surface area contributed by atoms with E-state index in [9.17, 15) is 0 Å². The van der Waals surface area contributed by atoms with Crippen LogP contribution >= 0.6 is 0 Å². The molecule has 0 aromatic carbocycles. The quantitative estimate of drug-likeness (QED) is 0.520. The highest BCUT2D eigenvalue weighted by atomic mass is 15.2. The van der Waals surface area contributed by atoms with E-state index in [2.05, 4.69) is 35.8 Å². The summed E-state index contributed by atoms with van der Waals surface area (Å²) in [4.78, 5) is 12.1. The molecular formula is C18H17N7. The molecular weight excluding hydrogens is 314 g/mol. The van der Waals surface area contributed by atoms with Gasteiger partial charge in [0.25, 0.3) is 0 Å². The molecule has 4 aromatic heterocycles. The van der Waals surface area contributed by atoms with Crippen LogP contribution in [-0.4, -0.2) is 32.2 Å². The van der Waals surface area contributed by atoms with Gasteiger partial charge < -0.3 is 15.6 Å². The molecule has 124 valence electrons. The number of nitrogens with one attached hydrogen (secondary N) is 3. The van der Waals surface area contributed by atoms with Gasteiger partial charge in [-0.1, -0.05) is 6.07 Å². The molecule has 0 unspecified atom stereocenters. The van der Waals surface area contributed by atoms with Crippen molar-refractivity contribution in [1.29, 1.82) is 0 Å². The summed E-state index contributed by atoms with van der Waals surface area (Å²) in [6, 6.07) is 13.7. The van der Waals surface area contributed by atoms with Crippen LogP contribution in [0.2, 0.25) is 0 Å². The van der Waals surface area contributed by atoms with Gasteiger partial charge in [-0.25, -0.2) is 4.98 Å². The number of aromatic amines is 1. The highest BCUT2D eigenvalue weighted by molar-refractivity contribution is 5.93. The summed E-state index contributed by atoms with van der Waals surface area (Å²) >= 11 is 0. The molecule has 0 fully saturated rings. The number of pyridine rings is 2. The highest BCUT2D eigenvalue weighted by Crippen LogP contribution is 2.28. The summed E-state index contributed by atoms with van der Waals surface area (Å²) in [5.41, 5.74) is 3.54. The molecule has 0 amide bonds. The molecule has 25 heavy (non-hydrogen) atoms. The third-order valence-electron chi connectivity index (χ3n) is 3.90. The van der Waals surface area contributed by atoms with Crippen molar-refractivity contribution < 1.29 is 0 Å². The average molecular weight is 331 g/mol. The minimum Gasteiger partial charge on any atom is -0.372 e. The van der Waals surface area contributed by atoms with Crippen LogP contribution in [0.25, 0.3) is 22.3 Å². The van der Waals surface area contributed by atoms with Gasteiger partial charge >= 0.3 is 0 Å². The van der Waals surface area contributed by atoms with Gasteiger partial charge in [0, 0.05) is 30.4 Å². The molecule has 0 bridgehead atoms. The Morgan fingerprint density at radius 3 is 2.76 bits per heavy atom. The molecule has 4 rings (SSSR count). The molecule has 0 aliphatic carbocycles. The predicted octanol–water partition coefficient (Wildman–Crippen LogP) is 3.07. The number of hydrogen-bond donors (Lipinski definition) is 3. The highest BCUT2D eigenvalue weighted by Gasteiger charge is 2.11. The van der Waals surface area contributed by atoms with Gasteiger partial charge in [0.1, 0.15) is 17.3 Å². The molecule has 7 nitrogen and oxygen atoms in total. The molecule has 3 N–H and O–H groups in total. The largest absolute Gasteiger partial charge is 0.372 e. The smallest absolute Gasteiger partial charge is 0.148 e. The van der Waals surface area contributed by atoms with Crippen molar-refractivity contribution in [3.05, 3.63) is 60.6 Å². The number of anilines is 2. The van der Waals surface area contributed by atoms with Gasteiger partial charge in [0.2, 0.25) is 0 Å². The summed E-state index contributed by atoms with van der Waals surface area (Å²) in [5.74, 6) is 1.49. The van der Waals surface area contributed by atoms with Crippen LogP contribution in [0, 0.1) is 0 Å². The lowest BCUT2D eigenvalue weighted by Gasteiger charge is -2.09. The predicted molar refractivity (Wildman–Crippen MR) is 98.2 cm³/mol. The number of nitrogens with zero attached hydrogens (tertiary/aromatic N) is 4. The maximum atomic E-state index is 4.62. The van der Waals surface area contributed by atoms with E-state index in [1.807, 2.05) is 55.7 Å². The Kier molecular flexibility index (Phi) is 3.96. The van der Waals surface area contributed by atoms with Crippen molar-refractivity contribution in [2.45, 2.75) is 6.54 Å². The van der Waals surface area contributed by atoms with Crippen molar-refractivity contribution in [1.82, 2.24) is 25.1 Å². The first-order valence-corrected chi connectivity index (χ1v) is 7.97. The maximum absolute atomic E-state index is 4.62. The zero-order valence-corrected chi connectivity index (χ0v) is 13.7. The van der Waals surface area contributed by atoms with Crippen LogP contribution in [0.5, 0.6) is 0 Å². The average Bonchev–Trinajstić information content (AvgIpc) is 3.15. The second-order valence-corrected chi connectivity index (χ2v) is 5.52. The van der Waals surface area contributed by atoms with Crippen LogP contribution in [0.3, 0.4) is 0 Å². The Hall–Kier alpha value is -3.48. The standard InChI is InChI=1S/C18H17N7/c1-19-16-6-5-15(24-25-16)14-10-17(23-18-13(14)7-9-21-18)22-11-12-4-2-3-8-20-12/h2-10H,11H2,1H3,(H,19,25)(H2,21,22,23). The monoisotopic (exact) mass is 331 g/mol. The second-order valence-electron chi connectivity index (χ2n) is 5.52. The Balaban J connectivity index is 1.69. The van der Waals surface area contributed by atoms with Crippen LogP contribution in [-0.2, 0) is 6.54 Å². The van der Waals surface area contributed by atoms with Crippen LogP contribution in [0.15, 0.2) is 54.9 Å². The molecule has 0 spiro atoms. The molecule has 0 atom stereocenters. The summed E-state index contributed by atoms with van der Waals surface area (Å²) in [7, 11) is 1.82.